The first-order chi connectivity index (χ1) is 11.9. The summed E-state index contributed by atoms with van der Waals surface area (Å²) in [6.45, 7) is 4.91. The van der Waals surface area contributed by atoms with Crippen molar-refractivity contribution >= 4 is 5.97 Å². The van der Waals surface area contributed by atoms with Crippen molar-refractivity contribution in [2.24, 2.45) is 16.7 Å². The number of fused-ring (bicyclic) bond motifs is 2. The van der Waals surface area contributed by atoms with E-state index in [0.717, 1.165) is 24.8 Å². The summed E-state index contributed by atoms with van der Waals surface area (Å²) in [5, 5.41) is 10.4. The average molecular weight is 344 g/mol. The number of aliphatic hydroxyl groups is 1. The molecule has 2 saturated heterocycles. The molecule has 1 spiro atoms. The van der Waals surface area contributed by atoms with E-state index in [-0.39, 0.29) is 34.4 Å². The molecule has 3 fully saturated rings. The fraction of sp³-hybridized carbons (Fsp3) is 0.650. The quantitative estimate of drug-likeness (QED) is 0.793. The second-order valence-corrected chi connectivity index (χ2v) is 8.68. The van der Waals surface area contributed by atoms with Crippen LogP contribution in [0.15, 0.2) is 34.7 Å². The molecule has 2 aliphatic heterocycles. The minimum absolute atomic E-state index is 0.00609. The van der Waals surface area contributed by atoms with Gasteiger partial charge in [-0.05, 0) is 50.7 Å². The van der Waals surface area contributed by atoms with E-state index in [1.165, 1.54) is 0 Å². The standard InChI is InChI=1S/C20H24O5/c1-18-9-15(12-3-6-23-10-12)25-19(18,2)4-5-20-11-24-17(22)14(20)7-13(21)8-16(18)20/h3,6-7,10,13,15-16,21H,4-5,8-9,11H2,1-2H3/t13-,15-,16-,18-,19+,20-/m1/s1. The number of ether oxygens (including phenoxy) is 2. The van der Waals surface area contributed by atoms with Crippen LogP contribution in [0.4, 0.5) is 0 Å². The minimum Gasteiger partial charge on any atom is -0.472 e. The number of esters is 1. The Hall–Kier alpha value is -1.59. The van der Waals surface area contributed by atoms with Crippen molar-refractivity contribution in [1.29, 1.82) is 0 Å². The zero-order chi connectivity index (χ0) is 17.4. The van der Waals surface area contributed by atoms with Crippen molar-refractivity contribution < 1.29 is 23.8 Å². The number of aliphatic hydroxyl groups excluding tert-OH is 1. The molecule has 6 atom stereocenters. The Kier molecular flexibility index (Phi) is 2.99. The zero-order valence-corrected chi connectivity index (χ0v) is 14.7. The van der Waals surface area contributed by atoms with Crippen molar-refractivity contribution in [1.82, 2.24) is 0 Å². The second kappa shape index (κ2) is 4.77. The highest BCUT2D eigenvalue weighted by Crippen LogP contribution is 2.69. The Bertz CT molecular complexity index is 752. The number of rotatable bonds is 1. The topological polar surface area (TPSA) is 68.9 Å². The van der Waals surface area contributed by atoms with Crippen molar-refractivity contribution in [3.63, 3.8) is 0 Å². The van der Waals surface area contributed by atoms with Crippen LogP contribution in [-0.4, -0.2) is 29.4 Å². The fourth-order valence-electron chi connectivity index (χ4n) is 6.11. The Labute approximate surface area is 147 Å². The number of carbonyl (C=O) groups is 1. The molecule has 1 aromatic heterocycles. The van der Waals surface area contributed by atoms with Crippen LogP contribution in [0.3, 0.4) is 0 Å². The van der Waals surface area contributed by atoms with Crippen LogP contribution >= 0.6 is 0 Å². The molecule has 1 aromatic rings. The molecule has 1 saturated carbocycles. The van der Waals surface area contributed by atoms with Gasteiger partial charge in [0.1, 0.15) is 6.61 Å². The highest BCUT2D eigenvalue weighted by molar-refractivity contribution is 5.93. The van der Waals surface area contributed by atoms with Crippen LogP contribution in [-0.2, 0) is 14.3 Å². The first-order valence-electron chi connectivity index (χ1n) is 9.15. The molecule has 0 unspecified atom stereocenters. The second-order valence-electron chi connectivity index (χ2n) is 8.68. The summed E-state index contributed by atoms with van der Waals surface area (Å²) in [7, 11) is 0. The molecule has 134 valence electrons. The summed E-state index contributed by atoms with van der Waals surface area (Å²) < 4.78 is 17.3. The average Bonchev–Trinajstić information content (AvgIpc) is 3.26. The SMILES string of the molecule is C[C@]12CC[C@@]34COC(=O)C3=C[C@@H](O)C[C@@H]4[C@@]1(C)C[C@H](c1ccoc1)O2. The van der Waals surface area contributed by atoms with E-state index in [4.69, 9.17) is 13.9 Å². The molecule has 1 N–H and O–H groups in total. The number of hydrogen-bond acceptors (Lipinski definition) is 5. The van der Waals surface area contributed by atoms with Gasteiger partial charge in [0.2, 0.25) is 0 Å². The highest BCUT2D eigenvalue weighted by Gasteiger charge is 2.69. The van der Waals surface area contributed by atoms with Crippen LogP contribution in [0.2, 0.25) is 0 Å². The molecule has 0 bridgehead atoms. The third-order valence-corrected chi connectivity index (χ3v) is 7.67. The molecular weight excluding hydrogens is 320 g/mol. The molecule has 5 rings (SSSR count). The van der Waals surface area contributed by atoms with Gasteiger partial charge in [0.05, 0.1) is 30.3 Å². The van der Waals surface area contributed by atoms with E-state index in [1.807, 2.05) is 6.07 Å². The maximum atomic E-state index is 12.3. The Morgan fingerprint density at radius 1 is 1.28 bits per heavy atom. The van der Waals surface area contributed by atoms with Crippen molar-refractivity contribution in [3.05, 3.63) is 35.8 Å². The maximum Gasteiger partial charge on any atom is 0.334 e. The number of hydrogen-bond donors (Lipinski definition) is 1. The monoisotopic (exact) mass is 344 g/mol. The molecule has 2 aliphatic carbocycles. The van der Waals surface area contributed by atoms with Crippen LogP contribution in [0.1, 0.15) is 51.2 Å². The van der Waals surface area contributed by atoms with Crippen molar-refractivity contribution in [2.45, 2.75) is 57.3 Å². The predicted octanol–water partition coefficient (Wildman–Crippen LogP) is 3.15. The lowest BCUT2D eigenvalue weighted by Gasteiger charge is -2.58. The van der Waals surface area contributed by atoms with Gasteiger partial charge in [-0.15, -0.1) is 0 Å². The summed E-state index contributed by atoms with van der Waals surface area (Å²) in [6.07, 6.45) is 7.86. The summed E-state index contributed by atoms with van der Waals surface area (Å²) in [5.74, 6) is -0.0849. The molecular formula is C20H24O5. The van der Waals surface area contributed by atoms with Gasteiger partial charge in [0.25, 0.3) is 0 Å². The molecule has 5 heteroatoms. The van der Waals surface area contributed by atoms with Gasteiger partial charge in [0.15, 0.2) is 0 Å². The normalized spacial score (nSPS) is 48.4. The fourth-order valence-corrected chi connectivity index (χ4v) is 6.11. The number of carbonyl (C=O) groups excluding carboxylic acids is 1. The maximum absolute atomic E-state index is 12.3. The molecule has 0 aromatic carbocycles. The van der Waals surface area contributed by atoms with E-state index in [2.05, 4.69) is 13.8 Å². The van der Waals surface area contributed by atoms with Crippen molar-refractivity contribution in [3.8, 4) is 0 Å². The lowest BCUT2D eigenvalue weighted by atomic mass is 9.46. The van der Waals surface area contributed by atoms with Gasteiger partial charge in [0, 0.05) is 22.0 Å². The van der Waals surface area contributed by atoms with Gasteiger partial charge in [-0.1, -0.05) is 6.92 Å². The van der Waals surface area contributed by atoms with Crippen LogP contribution in [0.5, 0.6) is 0 Å². The molecule has 5 nitrogen and oxygen atoms in total. The summed E-state index contributed by atoms with van der Waals surface area (Å²) in [5.41, 5.74) is 1.09. The molecule has 0 radical (unpaired) electrons. The summed E-state index contributed by atoms with van der Waals surface area (Å²) >= 11 is 0. The Morgan fingerprint density at radius 2 is 2.12 bits per heavy atom. The van der Waals surface area contributed by atoms with E-state index in [9.17, 15) is 9.90 Å². The van der Waals surface area contributed by atoms with Crippen molar-refractivity contribution in [2.75, 3.05) is 6.61 Å². The van der Waals surface area contributed by atoms with Crippen LogP contribution in [0.25, 0.3) is 0 Å². The van der Waals surface area contributed by atoms with E-state index in [0.29, 0.717) is 18.6 Å². The predicted molar refractivity (Wildman–Crippen MR) is 88.5 cm³/mol. The van der Waals surface area contributed by atoms with Gasteiger partial charge < -0.3 is 19.0 Å². The van der Waals surface area contributed by atoms with E-state index >= 15 is 0 Å². The van der Waals surface area contributed by atoms with Gasteiger partial charge in [-0.3, -0.25) is 0 Å². The van der Waals surface area contributed by atoms with Gasteiger partial charge in [-0.25, -0.2) is 4.79 Å². The Morgan fingerprint density at radius 3 is 2.88 bits per heavy atom. The van der Waals surface area contributed by atoms with E-state index in [1.54, 1.807) is 18.6 Å². The largest absolute Gasteiger partial charge is 0.472 e. The zero-order valence-electron chi connectivity index (χ0n) is 14.7. The number of furan rings is 1. The first-order valence-corrected chi connectivity index (χ1v) is 9.15. The molecule has 3 heterocycles. The Balaban J connectivity index is 1.59. The van der Waals surface area contributed by atoms with Crippen LogP contribution in [0, 0.1) is 16.7 Å². The lowest BCUT2D eigenvalue weighted by molar-refractivity contribution is -0.157. The van der Waals surface area contributed by atoms with E-state index < -0.39 is 6.10 Å². The molecule has 4 aliphatic rings. The first kappa shape index (κ1) is 15.6. The molecule has 25 heavy (non-hydrogen) atoms. The van der Waals surface area contributed by atoms with Gasteiger partial charge >= 0.3 is 5.97 Å². The third-order valence-electron chi connectivity index (χ3n) is 7.67. The lowest BCUT2D eigenvalue weighted by Crippen LogP contribution is -2.59. The highest BCUT2D eigenvalue weighted by atomic mass is 16.5. The third kappa shape index (κ3) is 1.83. The minimum atomic E-state index is -0.592. The molecule has 0 amide bonds. The summed E-state index contributed by atoms with van der Waals surface area (Å²) in [4.78, 5) is 12.3. The number of cyclic esters (lactones) is 1. The van der Waals surface area contributed by atoms with Crippen LogP contribution < -0.4 is 0 Å². The smallest absolute Gasteiger partial charge is 0.334 e. The summed E-state index contributed by atoms with van der Waals surface area (Å²) in [6, 6.07) is 1.97. The van der Waals surface area contributed by atoms with Gasteiger partial charge in [-0.2, -0.15) is 0 Å².